The third-order valence-corrected chi connectivity index (χ3v) is 2.99. The highest BCUT2D eigenvalue weighted by Crippen LogP contribution is 2.15. The Morgan fingerprint density at radius 3 is 2.11 bits per heavy atom. The van der Waals surface area contributed by atoms with E-state index in [1.807, 2.05) is 24.3 Å². The SMILES string of the molecule is CCc1ccc(CNC(=O)C(C)(C)C(=O)O)cc1. The summed E-state index contributed by atoms with van der Waals surface area (Å²) in [5, 5.41) is 11.6. The summed E-state index contributed by atoms with van der Waals surface area (Å²) in [6, 6.07) is 7.88. The molecule has 0 saturated heterocycles. The van der Waals surface area contributed by atoms with Crippen LogP contribution in [0.15, 0.2) is 24.3 Å². The molecule has 0 atom stereocenters. The number of carbonyl (C=O) groups is 2. The molecule has 0 aliphatic rings. The monoisotopic (exact) mass is 249 g/mol. The van der Waals surface area contributed by atoms with Crippen molar-refractivity contribution in [3.63, 3.8) is 0 Å². The van der Waals surface area contributed by atoms with Crippen molar-refractivity contribution in [2.45, 2.75) is 33.7 Å². The number of carboxylic acid groups (broad SMARTS) is 1. The van der Waals surface area contributed by atoms with Crippen molar-refractivity contribution in [1.29, 1.82) is 0 Å². The summed E-state index contributed by atoms with van der Waals surface area (Å²) >= 11 is 0. The van der Waals surface area contributed by atoms with E-state index in [4.69, 9.17) is 5.11 Å². The molecule has 1 aromatic rings. The van der Waals surface area contributed by atoms with Gasteiger partial charge in [0.25, 0.3) is 0 Å². The molecule has 0 spiro atoms. The number of hydrogen-bond donors (Lipinski definition) is 2. The number of carboxylic acids is 1. The zero-order valence-electron chi connectivity index (χ0n) is 11.0. The first-order valence-electron chi connectivity index (χ1n) is 5.97. The van der Waals surface area contributed by atoms with Crippen LogP contribution in [0.3, 0.4) is 0 Å². The predicted molar refractivity (Wildman–Crippen MR) is 69.1 cm³/mol. The Kier molecular flexibility index (Phi) is 4.48. The van der Waals surface area contributed by atoms with Crippen LogP contribution in [0.1, 0.15) is 31.9 Å². The molecule has 0 unspecified atom stereocenters. The van der Waals surface area contributed by atoms with Gasteiger partial charge in [0.15, 0.2) is 0 Å². The van der Waals surface area contributed by atoms with E-state index in [-0.39, 0.29) is 0 Å². The summed E-state index contributed by atoms with van der Waals surface area (Å²) < 4.78 is 0. The van der Waals surface area contributed by atoms with E-state index in [2.05, 4.69) is 12.2 Å². The number of aryl methyl sites for hydroxylation is 1. The van der Waals surface area contributed by atoms with Crippen LogP contribution in [0.2, 0.25) is 0 Å². The van der Waals surface area contributed by atoms with Crippen LogP contribution in [0.5, 0.6) is 0 Å². The van der Waals surface area contributed by atoms with Gasteiger partial charge < -0.3 is 10.4 Å². The molecular formula is C14H19NO3. The van der Waals surface area contributed by atoms with Crippen LogP contribution in [0.4, 0.5) is 0 Å². The third kappa shape index (κ3) is 3.32. The van der Waals surface area contributed by atoms with Gasteiger partial charge in [-0.3, -0.25) is 9.59 Å². The molecule has 18 heavy (non-hydrogen) atoms. The van der Waals surface area contributed by atoms with Gasteiger partial charge in [0.05, 0.1) is 0 Å². The first kappa shape index (κ1) is 14.2. The zero-order chi connectivity index (χ0) is 13.8. The Labute approximate surface area is 107 Å². The minimum Gasteiger partial charge on any atom is -0.480 e. The van der Waals surface area contributed by atoms with Crippen molar-refractivity contribution in [3.8, 4) is 0 Å². The van der Waals surface area contributed by atoms with Gasteiger partial charge in [0, 0.05) is 6.54 Å². The first-order chi connectivity index (χ1) is 8.37. The van der Waals surface area contributed by atoms with Gasteiger partial charge >= 0.3 is 5.97 Å². The molecule has 0 saturated carbocycles. The molecule has 98 valence electrons. The lowest BCUT2D eigenvalue weighted by atomic mass is 9.92. The van der Waals surface area contributed by atoms with E-state index in [0.29, 0.717) is 6.54 Å². The summed E-state index contributed by atoms with van der Waals surface area (Å²) in [4.78, 5) is 22.6. The van der Waals surface area contributed by atoms with Crippen molar-refractivity contribution in [1.82, 2.24) is 5.32 Å². The second-order valence-electron chi connectivity index (χ2n) is 4.78. The first-order valence-corrected chi connectivity index (χ1v) is 5.97. The van der Waals surface area contributed by atoms with Crippen molar-refractivity contribution in [3.05, 3.63) is 35.4 Å². The molecule has 0 aliphatic heterocycles. The van der Waals surface area contributed by atoms with Gasteiger partial charge in [0.2, 0.25) is 5.91 Å². The lowest BCUT2D eigenvalue weighted by molar-refractivity contribution is -0.153. The second kappa shape index (κ2) is 5.67. The Morgan fingerprint density at radius 2 is 1.67 bits per heavy atom. The minimum atomic E-state index is -1.40. The zero-order valence-corrected chi connectivity index (χ0v) is 11.0. The van der Waals surface area contributed by atoms with Crippen LogP contribution in [0, 0.1) is 5.41 Å². The molecule has 4 heteroatoms. The predicted octanol–water partition coefficient (Wildman–Crippen LogP) is 1.98. The number of benzene rings is 1. The molecule has 0 heterocycles. The van der Waals surface area contributed by atoms with E-state index in [0.717, 1.165) is 12.0 Å². The van der Waals surface area contributed by atoms with Crippen molar-refractivity contribution >= 4 is 11.9 Å². The van der Waals surface area contributed by atoms with Crippen LogP contribution in [0.25, 0.3) is 0 Å². The maximum absolute atomic E-state index is 11.7. The fourth-order valence-corrected chi connectivity index (χ4v) is 1.39. The Hall–Kier alpha value is -1.84. The van der Waals surface area contributed by atoms with E-state index in [1.54, 1.807) is 0 Å². The number of aliphatic carboxylic acids is 1. The van der Waals surface area contributed by atoms with E-state index in [1.165, 1.54) is 19.4 Å². The van der Waals surface area contributed by atoms with Crippen LogP contribution < -0.4 is 5.32 Å². The smallest absolute Gasteiger partial charge is 0.318 e. The molecule has 1 amide bonds. The molecule has 1 aromatic carbocycles. The number of hydrogen-bond acceptors (Lipinski definition) is 2. The molecule has 0 aromatic heterocycles. The molecular weight excluding hydrogens is 230 g/mol. The standard InChI is InChI=1S/C14H19NO3/c1-4-10-5-7-11(8-6-10)9-15-12(16)14(2,3)13(17)18/h5-8H,4,9H2,1-3H3,(H,15,16)(H,17,18). The van der Waals surface area contributed by atoms with Gasteiger partial charge in [0.1, 0.15) is 5.41 Å². The minimum absolute atomic E-state index is 0.347. The van der Waals surface area contributed by atoms with E-state index < -0.39 is 17.3 Å². The Bertz CT molecular complexity index is 435. The molecule has 0 bridgehead atoms. The molecule has 0 aliphatic carbocycles. The van der Waals surface area contributed by atoms with Crippen LogP contribution in [-0.4, -0.2) is 17.0 Å². The number of nitrogens with one attached hydrogen (secondary N) is 1. The second-order valence-corrected chi connectivity index (χ2v) is 4.78. The molecule has 0 radical (unpaired) electrons. The fourth-order valence-electron chi connectivity index (χ4n) is 1.39. The average Bonchev–Trinajstić information content (AvgIpc) is 2.36. The van der Waals surface area contributed by atoms with Crippen LogP contribution in [-0.2, 0) is 22.6 Å². The largest absolute Gasteiger partial charge is 0.480 e. The lowest BCUT2D eigenvalue weighted by Gasteiger charge is -2.18. The number of amides is 1. The summed E-state index contributed by atoms with van der Waals surface area (Å²) in [5.74, 6) is -1.60. The molecule has 4 nitrogen and oxygen atoms in total. The lowest BCUT2D eigenvalue weighted by Crippen LogP contribution is -2.41. The maximum Gasteiger partial charge on any atom is 0.318 e. The highest BCUT2D eigenvalue weighted by molar-refractivity contribution is 6.00. The quantitative estimate of drug-likeness (QED) is 0.784. The van der Waals surface area contributed by atoms with Gasteiger partial charge in [-0.2, -0.15) is 0 Å². The van der Waals surface area contributed by atoms with Gasteiger partial charge in [-0.15, -0.1) is 0 Å². The highest BCUT2D eigenvalue weighted by Gasteiger charge is 2.35. The summed E-state index contributed by atoms with van der Waals surface area (Å²) in [5.41, 5.74) is 0.793. The van der Waals surface area contributed by atoms with Gasteiger partial charge in [-0.05, 0) is 31.4 Å². The van der Waals surface area contributed by atoms with Crippen molar-refractivity contribution in [2.75, 3.05) is 0 Å². The number of rotatable bonds is 5. The maximum atomic E-state index is 11.7. The Morgan fingerprint density at radius 1 is 1.17 bits per heavy atom. The molecule has 1 rings (SSSR count). The Balaban J connectivity index is 2.60. The highest BCUT2D eigenvalue weighted by atomic mass is 16.4. The van der Waals surface area contributed by atoms with Crippen LogP contribution >= 0.6 is 0 Å². The van der Waals surface area contributed by atoms with E-state index >= 15 is 0 Å². The summed E-state index contributed by atoms with van der Waals surface area (Å²) in [7, 11) is 0. The molecule has 2 N–H and O–H groups in total. The van der Waals surface area contributed by atoms with E-state index in [9.17, 15) is 9.59 Å². The summed E-state index contributed by atoms with van der Waals surface area (Å²) in [6.45, 7) is 5.21. The van der Waals surface area contributed by atoms with Crippen molar-refractivity contribution in [2.24, 2.45) is 5.41 Å². The topological polar surface area (TPSA) is 66.4 Å². The normalized spacial score (nSPS) is 11.1. The average molecular weight is 249 g/mol. The molecule has 0 fully saturated rings. The third-order valence-electron chi connectivity index (χ3n) is 2.99. The van der Waals surface area contributed by atoms with Crippen molar-refractivity contribution < 1.29 is 14.7 Å². The van der Waals surface area contributed by atoms with Gasteiger partial charge in [-0.25, -0.2) is 0 Å². The number of carbonyl (C=O) groups excluding carboxylic acids is 1. The van der Waals surface area contributed by atoms with Gasteiger partial charge in [-0.1, -0.05) is 31.2 Å². The summed E-state index contributed by atoms with van der Waals surface area (Å²) in [6.07, 6.45) is 0.971. The fraction of sp³-hybridized carbons (Fsp3) is 0.429.